The van der Waals surface area contributed by atoms with Crippen LogP contribution in [0.3, 0.4) is 0 Å². The lowest BCUT2D eigenvalue weighted by Gasteiger charge is -2.23. The molecule has 0 aliphatic heterocycles. The summed E-state index contributed by atoms with van der Waals surface area (Å²) in [6.45, 7) is 10.2. The van der Waals surface area contributed by atoms with Crippen LogP contribution in [0.1, 0.15) is 60.7 Å². The quantitative estimate of drug-likeness (QED) is 0.434. The molecule has 0 N–H and O–H groups in total. The van der Waals surface area contributed by atoms with Crippen molar-refractivity contribution in [3.8, 4) is 5.75 Å². The Kier molecular flexibility index (Phi) is 6.95. The molecule has 0 atom stereocenters. The van der Waals surface area contributed by atoms with Crippen LogP contribution in [0.2, 0.25) is 0 Å². The number of hydrogen-bond acceptors (Lipinski definition) is 3. The van der Waals surface area contributed by atoms with Crippen LogP contribution in [-0.4, -0.2) is 18.2 Å². The van der Waals surface area contributed by atoms with Crippen LogP contribution in [0, 0.1) is 19.3 Å². The van der Waals surface area contributed by atoms with Gasteiger partial charge >= 0.3 is 0 Å². The highest BCUT2D eigenvalue weighted by atomic mass is 16.5. The van der Waals surface area contributed by atoms with E-state index in [2.05, 4.69) is 19.1 Å². The minimum atomic E-state index is -0.419. The summed E-state index contributed by atoms with van der Waals surface area (Å²) in [5.41, 5.74) is 3.43. The van der Waals surface area contributed by atoms with E-state index >= 15 is 0 Å². The first-order chi connectivity index (χ1) is 12.7. The highest BCUT2D eigenvalue weighted by Gasteiger charge is 2.27. The van der Waals surface area contributed by atoms with Gasteiger partial charge in [-0.1, -0.05) is 44.2 Å². The van der Waals surface area contributed by atoms with Crippen LogP contribution in [0.15, 0.2) is 42.5 Å². The predicted octanol–water partition coefficient (Wildman–Crippen LogP) is 5.50. The summed E-state index contributed by atoms with van der Waals surface area (Å²) >= 11 is 0. The molecule has 0 bridgehead atoms. The zero-order valence-corrected chi connectivity index (χ0v) is 17.1. The number of rotatable bonds is 9. The monoisotopic (exact) mass is 366 g/mol. The van der Waals surface area contributed by atoms with Crippen LogP contribution in [0.25, 0.3) is 0 Å². The number of ketones is 2. The number of benzene rings is 2. The summed E-state index contributed by atoms with van der Waals surface area (Å²) in [6.07, 6.45) is 1.94. The molecule has 0 radical (unpaired) electrons. The highest BCUT2D eigenvalue weighted by molar-refractivity contribution is 5.94. The summed E-state index contributed by atoms with van der Waals surface area (Å²) in [5.74, 6) is 1.13. The van der Waals surface area contributed by atoms with E-state index in [-0.39, 0.29) is 11.6 Å². The molecule has 3 nitrogen and oxygen atoms in total. The van der Waals surface area contributed by atoms with Crippen molar-refractivity contribution in [3.63, 3.8) is 0 Å². The van der Waals surface area contributed by atoms with Gasteiger partial charge in [-0.25, -0.2) is 0 Å². The molecule has 0 saturated heterocycles. The van der Waals surface area contributed by atoms with Crippen LogP contribution in [-0.2, 0) is 11.2 Å². The van der Waals surface area contributed by atoms with E-state index in [0.717, 1.165) is 29.7 Å². The fourth-order valence-corrected chi connectivity index (χ4v) is 3.02. The Morgan fingerprint density at radius 2 is 1.78 bits per heavy atom. The van der Waals surface area contributed by atoms with Crippen molar-refractivity contribution in [2.45, 2.75) is 53.9 Å². The van der Waals surface area contributed by atoms with Crippen molar-refractivity contribution >= 4 is 11.6 Å². The maximum absolute atomic E-state index is 12.8. The molecule has 0 amide bonds. The van der Waals surface area contributed by atoms with E-state index in [1.807, 2.05) is 45.0 Å². The fourth-order valence-electron chi connectivity index (χ4n) is 3.02. The van der Waals surface area contributed by atoms with E-state index in [1.54, 1.807) is 13.0 Å². The van der Waals surface area contributed by atoms with Crippen molar-refractivity contribution in [2.75, 3.05) is 6.61 Å². The number of carbonyl (C=O) groups is 2. The molecule has 2 aromatic carbocycles. The molecular formula is C24H30O3. The van der Waals surface area contributed by atoms with Crippen molar-refractivity contribution in [2.24, 2.45) is 5.41 Å². The maximum atomic E-state index is 12.8. The fraction of sp³-hybridized carbons (Fsp3) is 0.417. The van der Waals surface area contributed by atoms with Crippen LogP contribution in [0.5, 0.6) is 5.75 Å². The Bertz CT molecular complexity index is 818. The standard InChI is InChI=1S/C24H30O3/c1-17-10-11-18(2)22(14-17)27-13-7-12-24(4,5)23(26)16-20-8-6-9-21(15-20)19(3)25/h6,8-11,14-15H,7,12-13,16H2,1-5H3. The molecule has 27 heavy (non-hydrogen) atoms. The Hall–Kier alpha value is -2.42. The van der Waals surface area contributed by atoms with Crippen molar-refractivity contribution in [1.82, 2.24) is 0 Å². The second kappa shape index (κ2) is 8.98. The number of hydrogen-bond donors (Lipinski definition) is 0. The van der Waals surface area contributed by atoms with E-state index in [1.165, 1.54) is 5.56 Å². The molecule has 2 aromatic rings. The second-order valence-electron chi connectivity index (χ2n) is 7.96. The van der Waals surface area contributed by atoms with Gasteiger partial charge in [-0.15, -0.1) is 0 Å². The number of Topliss-reactive ketones (excluding diaryl/α,β-unsaturated/α-hetero) is 2. The SMILES string of the molecule is CC(=O)c1cccc(CC(=O)C(C)(C)CCCOc2cc(C)ccc2C)c1. The first-order valence-corrected chi connectivity index (χ1v) is 9.52. The molecule has 0 unspecified atom stereocenters. The Morgan fingerprint density at radius 3 is 2.48 bits per heavy atom. The van der Waals surface area contributed by atoms with Gasteiger partial charge in [-0.2, -0.15) is 0 Å². The predicted molar refractivity (Wildman–Crippen MR) is 110 cm³/mol. The minimum Gasteiger partial charge on any atom is -0.493 e. The summed E-state index contributed by atoms with van der Waals surface area (Å²) in [6, 6.07) is 13.5. The van der Waals surface area contributed by atoms with Crippen molar-refractivity contribution in [1.29, 1.82) is 0 Å². The van der Waals surface area contributed by atoms with Crippen LogP contribution < -0.4 is 4.74 Å². The summed E-state index contributed by atoms with van der Waals surface area (Å²) in [4.78, 5) is 24.3. The Labute approximate surface area is 162 Å². The second-order valence-corrected chi connectivity index (χ2v) is 7.96. The molecule has 0 aromatic heterocycles. The minimum absolute atomic E-state index is 0.0205. The molecule has 144 valence electrons. The number of carbonyl (C=O) groups excluding carboxylic acids is 2. The summed E-state index contributed by atoms with van der Waals surface area (Å²) in [5, 5.41) is 0. The molecule has 0 saturated carbocycles. The molecular weight excluding hydrogens is 336 g/mol. The molecule has 0 aliphatic carbocycles. The molecule has 0 heterocycles. The average molecular weight is 367 g/mol. The largest absolute Gasteiger partial charge is 0.493 e. The van der Waals surface area contributed by atoms with E-state index < -0.39 is 5.41 Å². The zero-order valence-electron chi connectivity index (χ0n) is 17.1. The number of aryl methyl sites for hydroxylation is 2. The van der Waals surface area contributed by atoms with E-state index in [4.69, 9.17) is 4.74 Å². The Balaban J connectivity index is 1.88. The third-order valence-electron chi connectivity index (χ3n) is 5.00. The summed E-state index contributed by atoms with van der Waals surface area (Å²) < 4.78 is 5.90. The van der Waals surface area contributed by atoms with Crippen molar-refractivity contribution < 1.29 is 14.3 Å². The van der Waals surface area contributed by atoms with Gasteiger partial charge in [-0.05, 0) is 62.4 Å². The van der Waals surface area contributed by atoms with Gasteiger partial charge in [0.2, 0.25) is 0 Å². The molecule has 0 aliphatic rings. The molecule has 3 heteroatoms. The molecule has 2 rings (SSSR count). The van der Waals surface area contributed by atoms with Crippen LogP contribution >= 0.6 is 0 Å². The third kappa shape index (κ3) is 6.06. The van der Waals surface area contributed by atoms with Gasteiger partial charge in [0, 0.05) is 17.4 Å². The lowest BCUT2D eigenvalue weighted by molar-refractivity contribution is -0.126. The van der Waals surface area contributed by atoms with Gasteiger partial charge in [0.15, 0.2) is 5.78 Å². The van der Waals surface area contributed by atoms with Gasteiger partial charge in [-0.3, -0.25) is 9.59 Å². The summed E-state index contributed by atoms with van der Waals surface area (Å²) in [7, 11) is 0. The highest BCUT2D eigenvalue weighted by Crippen LogP contribution is 2.26. The van der Waals surface area contributed by atoms with Crippen LogP contribution in [0.4, 0.5) is 0 Å². The molecule has 0 spiro atoms. The smallest absolute Gasteiger partial charge is 0.159 e. The number of ether oxygens (including phenoxy) is 1. The van der Waals surface area contributed by atoms with Gasteiger partial charge < -0.3 is 4.74 Å². The van der Waals surface area contributed by atoms with E-state index in [9.17, 15) is 9.59 Å². The lowest BCUT2D eigenvalue weighted by Crippen LogP contribution is -2.26. The van der Waals surface area contributed by atoms with Crippen molar-refractivity contribution in [3.05, 3.63) is 64.7 Å². The first-order valence-electron chi connectivity index (χ1n) is 9.52. The first kappa shape index (κ1) is 20.9. The van der Waals surface area contributed by atoms with Gasteiger partial charge in [0.05, 0.1) is 6.61 Å². The Morgan fingerprint density at radius 1 is 1.04 bits per heavy atom. The third-order valence-corrected chi connectivity index (χ3v) is 5.00. The van der Waals surface area contributed by atoms with E-state index in [0.29, 0.717) is 18.6 Å². The van der Waals surface area contributed by atoms with Gasteiger partial charge in [0.25, 0.3) is 0 Å². The lowest BCUT2D eigenvalue weighted by atomic mass is 9.81. The van der Waals surface area contributed by atoms with Gasteiger partial charge in [0.1, 0.15) is 11.5 Å². The maximum Gasteiger partial charge on any atom is 0.159 e. The average Bonchev–Trinajstić information content (AvgIpc) is 2.61. The molecule has 0 fully saturated rings. The normalized spacial score (nSPS) is 11.3. The topological polar surface area (TPSA) is 43.4 Å². The zero-order chi connectivity index (χ0) is 20.0.